The molecular weight excluding hydrogens is 502 g/mol. The fraction of sp³-hybridized carbons (Fsp3) is 0.161. The van der Waals surface area contributed by atoms with Gasteiger partial charge in [0, 0.05) is 16.5 Å². The summed E-state index contributed by atoms with van der Waals surface area (Å²) in [6.45, 7) is 1.93. The predicted molar refractivity (Wildman–Crippen MR) is 149 cm³/mol. The van der Waals surface area contributed by atoms with E-state index in [9.17, 15) is 8.42 Å². The molecule has 0 spiro atoms. The zero-order valence-corrected chi connectivity index (χ0v) is 22.3. The van der Waals surface area contributed by atoms with Crippen LogP contribution in [0, 0.1) is 6.92 Å². The predicted octanol–water partition coefficient (Wildman–Crippen LogP) is 6.91. The van der Waals surface area contributed by atoms with Crippen molar-refractivity contribution in [3.8, 4) is 5.75 Å². The first-order valence-electron chi connectivity index (χ1n) is 12.1. The van der Waals surface area contributed by atoms with Crippen molar-refractivity contribution in [1.29, 1.82) is 0 Å². The summed E-state index contributed by atoms with van der Waals surface area (Å²) in [5.41, 5.74) is 3.64. The molecule has 188 valence electrons. The Kier molecular flexibility index (Phi) is 6.95. The van der Waals surface area contributed by atoms with E-state index in [0.717, 1.165) is 33.6 Å². The second-order valence-electron chi connectivity index (χ2n) is 9.34. The molecular formula is C31H28ClNO3S. The highest BCUT2D eigenvalue weighted by atomic mass is 35.5. The summed E-state index contributed by atoms with van der Waals surface area (Å²) in [4.78, 5) is 0.211. The largest absolute Gasteiger partial charge is 0.497 e. The lowest BCUT2D eigenvalue weighted by Crippen LogP contribution is -2.39. The molecule has 0 heterocycles. The monoisotopic (exact) mass is 529 g/mol. The third kappa shape index (κ3) is 5.08. The van der Waals surface area contributed by atoms with Crippen LogP contribution in [-0.4, -0.2) is 21.1 Å². The molecule has 5 rings (SSSR count). The van der Waals surface area contributed by atoms with Gasteiger partial charge in [0.2, 0.25) is 10.0 Å². The highest BCUT2D eigenvalue weighted by molar-refractivity contribution is 7.89. The second-order valence-corrected chi connectivity index (χ2v) is 11.4. The average Bonchev–Trinajstić information content (AvgIpc) is 3.64. The summed E-state index contributed by atoms with van der Waals surface area (Å²) in [5.74, 6) is 0.597. The van der Waals surface area contributed by atoms with Crippen LogP contribution in [0.25, 0.3) is 5.57 Å². The van der Waals surface area contributed by atoms with Crippen molar-refractivity contribution in [2.45, 2.75) is 29.7 Å². The molecule has 1 saturated carbocycles. The van der Waals surface area contributed by atoms with Crippen molar-refractivity contribution in [1.82, 2.24) is 4.72 Å². The molecule has 4 aromatic carbocycles. The van der Waals surface area contributed by atoms with E-state index in [-0.39, 0.29) is 10.8 Å². The summed E-state index contributed by atoms with van der Waals surface area (Å²) < 4.78 is 35.7. The van der Waals surface area contributed by atoms with Crippen LogP contribution in [0.4, 0.5) is 0 Å². The van der Waals surface area contributed by atoms with E-state index < -0.39 is 15.6 Å². The Hall–Kier alpha value is -3.38. The van der Waals surface area contributed by atoms with E-state index in [1.54, 1.807) is 31.4 Å². The maximum Gasteiger partial charge on any atom is 0.241 e. The topological polar surface area (TPSA) is 55.4 Å². The molecule has 2 atom stereocenters. The van der Waals surface area contributed by atoms with Crippen LogP contribution in [0.15, 0.2) is 119 Å². The van der Waals surface area contributed by atoms with Crippen LogP contribution in [0.1, 0.15) is 34.6 Å². The first-order valence-corrected chi connectivity index (χ1v) is 14.0. The van der Waals surface area contributed by atoms with E-state index in [2.05, 4.69) is 4.72 Å². The van der Waals surface area contributed by atoms with Gasteiger partial charge in [0.05, 0.1) is 17.5 Å². The highest BCUT2D eigenvalue weighted by Gasteiger charge is 2.60. The Morgan fingerprint density at radius 1 is 0.838 bits per heavy atom. The zero-order valence-electron chi connectivity index (χ0n) is 20.7. The summed E-state index contributed by atoms with van der Waals surface area (Å²) in [6.07, 6.45) is 0.534. The molecule has 1 N–H and O–H groups in total. The molecule has 0 bridgehead atoms. The van der Waals surface area contributed by atoms with Crippen molar-refractivity contribution in [3.63, 3.8) is 0 Å². The maximum absolute atomic E-state index is 13.7. The molecule has 0 aromatic heterocycles. The normalized spacial score (nSPS) is 18.7. The van der Waals surface area contributed by atoms with Gasteiger partial charge >= 0.3 is 0 Å². The fourth-order valence-corrected chi connectivity index (χ4v) is 6.72. The molecule has 0 radical (unpaired) electrons. The lowest BCUT2D eigenvalue weighted by molar-refractivity contribution is 0.414. The van der Waals surface area contributed by atoms with Gasteiger partial charge in [0.25, 0.3) is 0 Å². The van der Waals surface area contributed by atoms with Gasteiger partial charge in [-0.2, -0.15) is 4.72 Å². The minimum absolute atomic E-state index is 0.145. The Labute approximate surface area is 223 Å². The van der Waals surface area contributed by atoms with E-state index >= 15 is 0 Å². The van der Waals surface area contributed by atoms with Gasteiger partial charge in [0.15, 0.2) is 0 Å². The van der Waals surface area contributed by atoms with Crippen LogP contribution in [0.2, 0.25) is 0 Å². The number of halogens is 1. The number of benzene rings is 4. The molecule has 2 unspecified atom stereocenters. The molecule has 0 saturated heterocycles. The van der Waals surface area contributed by atoms with Crippen molar-refractivity contribution < 1.29 is 13.2 Å². The number of hydrogen-bond acceptors (Lipinski definition) is 3. The van der Waals surface area contributed by atoms with Crippen LogP contribution < -0.4 is 9.46 Å². The van der Waals surface area contributed by atoms with Crippen LogP contribution in [0.5, 0.6) is 5.75 Å². The summed E-state index contributed by atoms with van der Waals surface area (Å²) in [7, 11) is -2.24. The molecule has 0 amide bonds. The molecule has 4 aromatic rings. The van der Waals surface area contributed by atoms with Crippen LogP contribution in [0.3, 0.4) is 0 Å². The van der Waals surface area contributed by atoms with Gasteiger partial charge in [-0.25, -0.2) is 8.42 Å². The van der Waals surface area contributed by atoms with Gasteiger partial charge < -0.3 is 4.74 Å². The number of methoxy groups -OCH3 is 1. The lowest BCUT2D eigenvalue weighted by Gasteiger charge is -2.23. The maximum atomic E-state index is 13.7. The van der Waals surface area contributed by atoms with E-state index in [1.165, 1.54) is 0 Å². The third-order valence-corrected chi connectivity index (χ3v) is 8.91. The summed E-state index contributed by atoms with van der Waals surface area (Å²) in [6, 6.07) is 34.3. The fourth-order valence-electron chi connectivity index (χ4n) is 4.77. The number of rotatable bonds is 8. The number of sulfonamides is 1. The smallest absolute Gasteiger partial charge is 0.241 e. The van der Waals surface area contributed by atoms with Crippen molar-refractivity contribution >= 4 is 27.2 Å². The van der Waals surface area contributed by atoms with Crippen molar-refractivity contribution in [2.75, 3.05) is 7.11 Å². The van der Waals surface area contributed by atoms with Gasteiger partial charge in [0.1, 0.15) is 5.75 Å². The van der Waals surface area contributed by atoms with Crippen molar-refractivity contribution in [2.24, 2.45) is 0 Å². The first kappa shape index (κ1) is 25.3. The lowest BCUT2D eigenvalue weighted by atomic mass is 9.93. The average molecular weight is 530 g/mol. The van der Waals surface area contributed by atoms with E-state index in [1.807, 2.05) is 91.9 Å². The molecule has 0 aliphatic heterocycles. The first-order chi connectivity index (χ1) is 17.8. The van der Waals surface area contributed by atoms with E-state index in [4.69, 9.17) is 16.3 Å². The third-order valence-electron chi connectivity index (χ3n) is 6.86. The highest BCUT2D eigenvalue weighted by Crippen LogP contribution is 2.59. The van der Waals surface area contributed by atoms with Gasteiger partial charge in [-0.3, -0.25) is 0 Å². The minimum Gasteiger partial charge on any atom is -0.497 e. The SMILES string of the molecule is COc1ccc(C2CC2(NS(=O)(=O)c2ccc(C)cc2)C(Cl)=C(c2ccccc2)c2ccccc2)cc1. The van der Waals surface area contributed by atoms with Crippen molar-refractivity contribution in [3.05, 3.63) is 136 Å². The quantitative estimate of drug-likeness (QED) is 0.270. The summed E-state index contributed by atoms with van der Waals surface area (Å²) >= 11 is 7.32. The Bertz CT molecular complexity index is 1480. The Morgan fingerprint density at radius 2 is 1.38 bits per heavy atom. The molecule has 37 heavy (non-hydrogen) atoms. The van der Waals surface area contributed by atoms with E-state index in [0.29, 0.717) is 11.5 Å². The molecule has 1 aliphatic carbocycles. The van der Waals surface area contributed by atoms with Crippen LogP contribution >= 0.6 is 11.6 Å². The van der Waals surface area contributed by atoms with Crippen LogP contribution in [-0.2, 0) is 10.0 Å². The molecule has 1 fully saturated rings. The van der Waals surface area contributed by atoms with Gasteiger partial charge in [-0.15, -0.1) is 0 Å². The number of aryl methyl sites for hydroxylation is 1. The molecule has 6 heteroatoms. The Morgan fingerprint density at radius 3 is 1.89 bits per heavy atom. The summed E-state index contributed by atoms with van der Waals surface area (Å²) in [5, 5.41) is 0.474. The zero-order chi connectivity index (χ0) is 26.0. The van der Waals surface area contributed by atoms with Gasteiger partial charge in [-0.05, 0) is 54.3 Å². The molecule has 1 aliphatic rings. The Balaban J connectivity index is 1.67. The number of nitrogens with one attached hydrogen (secondary N) is 1. The number of ether oxygens (including phenoxy) is 1. The number of hydrogen-bond donors (Lipinski definition) is 1. The second kappa shape index (κ2) is 10.2. The molecule has 4 nitrogen and oxygen atoms in total. The minimum atomic E-state index is -3.86. The standard InChI is InChI=1S/C31H28ClNO3S/c1-22-13-19-27(20-14-22)37(34,35)33-31(21-28(31)23-15-17-26(36-2)18-16-23)30(32)29(24-9-5-3-6-10-24)25-11-7-4-8-12-25/h3-20,28,33H,21H2,1-2H3. The van der Waals surface area contributed by atoms with Gasteiger partial charge in [-0.1, -0.05) is 102 Å².